The summed E-state index contributed by atoms with van der Waals surface area (Å²) in [5.41, 5.74) is 1.04. The molecular formula is C14H21ClN2O2. The van der Waals surface area contributed by atoms with Gasteiger partial charge in [0.2, 0.25) is 0 Å². The lowest BCUT2D eigenvalue weighted by Gasteiger charge is -2.23. The molecule has 106 valence electrons. The van der Waals surface area contributed by atoms with Crippen LogP contribution in [0.5, 0.6) is 0 Å². The van der Waals surface area contributed by atoms with E-state index in [0.29, 0.717) is 22.8 Å². The number of halogens is 1. The zero-order valence-corrected chi connectivity index (χ0v) is 12.6. The van der Waals surface area contributed by atoms with E-state index in [2.05, 4.69) is 5.32 Å². The van der Waals surface area contributed by atoms with E-state index in [1.165, 1.54) is 4.90 Å². The molecule has 0 aliphatic rings. The van der Waals surface area contributed by atoms with E-state index in [0.717, 1.165) is 0 Å². The molecule has 0 aliphatic carbocycles. The number of aliphatic hydroxyl groups is 1. The molecule has 0 saturated carbocycles. The van der Waals surface area contributed by atoms with Crippen molar-refractivity contribution in [3.05, 3.63) is 28.8 Å². The molecule has 0 atom stereocenters. The molecule has 1 aromatic carbocycles. The molecule has 0 bridgehead atoms. The second-order valence-corrected chi connectivity index (χ2v) is 5.98. The van der Waals surface area contributed by atoms with Crippen LogP contribution < -0.4 is 5.32 Å². The largest absolute Gasteiger partial charge is 0.396 e. The molecule has 0 radical (unpaired) electrons. The van der Waals surface area contributed by atoms with Gasteiger partial charge in [0.1, 0.15) is 0 Å². The van der Waals surface area contributed by atoms with Crippen molar-refractivity contribution in [2.75, 3.05) is 32.6 Å². The Bertz CT molecular complexity index is 459. The molecule has 19 heavy (non-hydrogen) atoms. The first-order chi connectivity index (χ1) is 8.76. The Morgan fingerprint density at radius 1 is 1.42 bits per heavy atom. The third-order valence-electron chi connectivity index (χ3n) is 2.80. The van der Waals surface area contributed by atoms with Crippen LogP contribution in [0.1, 0.15) is 24.2 Å². The van der Waals surface area contributed by atoms with Gasteiger partial charge in [-0.3, -0.25) is 4.79 Å². The van der Waals surface area contributed by atoms with Crippen LogP contribution in [0.2, 0.25) is 5.02 Å². The standard InChI is InChI=1S/C14H21ClN2O2/c1-14(2,9-18)8-16-12-7-10(5-6-11(12)15)13(19)17(3)4/h5-7,16,18H,8-9H2,1-4H3. The lowest BCUT2D eigenvalue weighted by atomic mass is 9.95. The number of nitrogens with one attached hydrogen (secondary N) is 1. The monoisotopic (exact) mass is 284 g/mol. The maximum atomic E-state index is 11.9. The number of hydrogen-bond donors (Lipinski definition) is 2. The molecular weight excluding hydrogens is 264 g/mol. The summed E-state index contributed by atoms with van der Waals surface area (Å²) in [4.78, 5) is 13.4. The summed E-state index contributed by atoms with van der Waals surface area (Å²) in [5, 5.41) is 13.0. The molecule has 0 fully saturated rings. The second kappa shape index (κ2) is 6.26. The van der Waals surface area contributed by atoms with Gasteiger partial charge in [-0.1, -0.05) is 25.4 Å². The van der Waals surface area contributed by atoms with Gasteiger partial charge in [0.25, 0.3) is 5.91 Å². The van der Waals surface area contributed by atoms with Gasteiger partial charge in [-0.25, -0.2) is 0 Å². The number of nitrogens with zero attached hydrogens (tertiary/aromatic N) is 1. The maximum Gasteiger partial charge on any atom is 0.253 e. The highest BCUT2D eigenvalue weighted by Crippen LogP contribution is 2.25. The van der Waals surface area contributed by atoms with E-state index in [4.69, 9.17) is 11.6 Å². The summed E-state index contributed by atoms with van der Waals surface area (Å²) in [6.07, 6.45) is 0. The predicted molar refractivity (Wildman–Crippen MR) is 78.8 cm³/mol. The molecule has 0 spiro atoms. The molecule has 0 heterocycles. The zero-order valence-electron chi connectivity index (χ0n) is 11.8. The quantitative estimate of drug-likeness (QED) is 0.873. The minimum Gasteiger partial charge on any atom is -0.396 e. The van der Waals surface area contributed by atoms with Gasteiger partial charge in [-0.2, -0.15) is 0 Å². The second-order valence-electron chi connectivity index (χ2n) is 5.57. The van der Waals surface area contributed by atoms with Crippen LogP contribution >= 0.6 is 11.6 Å². The number of carbonyl (C=O) groups is 1. The molecule has 2 N–H and O–H groups in total. The van der Waals surface area contributed by atoms with E-state index in [9.17, 15) is 9.90 Å². The Balaban J connectivity index is 2.89. The fraction of sp³-hybridized carbons (Fsp3) is 0.500. The average Bonchev–Trinajstić information content (AvgIpc) is 2.37. The molecule has 0 unspecified atom stereocenters. The van der Waals surface area contributed by atoms with Crippen LogP contribution in [0, 0.1) is 5.41 Å². The number of hydrogen-bond acceptors (Lipinski definition) is 3. The van der Waals surface area contributed by atoms with Gasteiger partial charge < -0.3 is 15.3 Å². The first-order valence-corrected chi connectivity index (χ1v) is 6.50. The van der Waals surface area contributed by atoms with Crippen molar-refractivity contribution in [2.24, 2.45) is 5.41 Å². The van der Waals surface area contributed by atoms with Crippen LogP contribution in [-0.2, 0) is 0 Å². The number of aliphatic hydroxyl groups excluding tert-OH is 1. The van der Waals surface area contributed by atoms with E-state index >= 15 is 0 Å². The average molecular weight is 285 g/mol. The zero-order chi connectivity index (χ0) is 14.6. The molecule has 1 amide bonds. The molecule has 4 nitrogen and oxygen atoms in total. The van der Waals surface area contributed by atoms with Crippen LogP contribution in [0.15, 0.2) is 18.2 Å². The van der Waals surface area contributed by atoms with Gasteiger partial charge in [0.05, 0.1) is 10.7 Å². The molecule has 5 heteroatoms. The summed E-state index contributed by atoms with van der Waals surface area (Å²) in [5.74, 6) is -0.0684. The maximum absolute atomic E-state index is 11.9. The van der Waals surface area contributed by atoms with Crippen molar-refractivity contribution < 1.29 is 9.90 Å². The molecule has 0 saturated heterocycles. The van der Waals surface area contributed by atoms with Crippen molar-refractivity contribution in [2.45, 2.75) is 13.8 Å². The lowest BCUT2D eigenvalue weighted by Crippen LogP contribution is -2.27. The number of anilines is 1. The van der Waals surface area contributed by atoms with Crippen molar-refractivity contribution in [3.8, 4) is 0 Å². The van der Waals surface area contributed by atoms with E-state index < -0.39 is 0 Å². The van der Waals surface area contributed by atoms with E-state index in [1.807, 2.05) is 13.8 Å². The fourth-order valence-corrected chi connectivity index (χ4v) is 1.63. The van der Waals surface area contributed by atoms with Crippen LogP contribution in [-0.4, -0.2) is 43.2 Å². The third-order valence-corrected chi connectivity index (χ3v) is 3.13. The third kappa shape index (κ3) is 4.40. The Morgan fingerprint density at radius 3 is 2.58 bits per heavy atom. The Kier molecular flexibility index (Phi) is 5.20. The Morgan fingerprint density at radius 2 is 2.05 bits per heavy atom. The lowest BCUT2D eigenvalue weighted by molar-refractivity contribution is 0.0827. The first kappa shape index (κ1) is 15.8. The number of amides is 1. The van der Waals surface area contributed by atoms with Gasteiger partial charge in [-0.05, 0) is 18.2 Å². The number of carbonyl (C=O) groups excluding carboxylic acids is 1. The normalized spacial score (nSPS) is 11.3. The van der Waals surface area contributed by atoms with E-state index in [-0.39, 0.29) is 17.9 Å². The highest BCUT2D eigenvalue weighted by molar-refractivity contribution is 6.33. The Hall–Kier alpha value is -1.26. The minimum absolute atomic E-state index is 0.0684. The Labute approximate surface area is 119 Å². The summed E-state index contributed by atoms with van der Waals surface area (Å²) in [7, 11) is 3.41. The molecule has 0 aromatic heterocycles. The summed E-state index contributed by atoms with van der Waals surface area (Å²) in [6, 6.07) is 5.14. The number of benzene rings is 1. The van der Waals surface area contributed by atoms with Crippen LogP contribution in [0.4, 0.5) is 5.69 Å². The summed E-state index contributed by atoms with van der Waals surface area (Å²) < 4.78 is 0. The minimum atomic E-state index is -0.245. The van der Waals surface area contributed by atoms with Crippen LogP contribution in [0.25, 0.3) is 0 Å². The summed E-state index contributed by atoms with van der Waals surface area (Å²) in [6.45, 7) is 4.54. The number of rotatable bonds is 5. The van der Waals surface area contributed by atoms with Gasteiger partial charge in [-0.15, -0.1) is 0 Å². The van der Waals surface area contributed by atoms with Crippen molar-refractivity contribution >= 4 is 23.2 Å². The van der Waals surface area contributed by atoms with E-state index in [1.54, 1.807) is 32.3 Å². The SMILES string of the molecule is CN(C)C(=O)c1ccc(Cl)c(NCC(C)(C)CO)c1. The van der Waals surface area contributed by atoms with Crippen molar-refractivity contribution in [3.63, 3.8) is 0 Å². The van der Waals surface area contributed by atoms with Gasteiger partial charge >= 0.3 is 0 Å². The van der Waals surface area contributed by atoms with Crippen molar-refractivity contribution in [1.29, 1.82) is 0 Å². The highest BCUT2D eigenvalue weighted by atomic mass is 35.5. The van der Waals surface area contributed by atoms with Crippen LogP contribution in [0.3, 0.4) is 0 Å². The summed E-state index contributed by atoms with van der Waals surface area (Å²) >= 11 is 6.10. The molecule has 1 aromatic rings. The molecule has 0 aliphatic heterocycles. The molecule has 1 rings (SSSR count). The van der Waals surface area contributed by atoms with Crippen molar-refractivity contribution in [1.82, 2.24) is 4.90 Å². The first-order valence-electron chi connectivity index (χ1n) is 6.13. The highest BCUT2D eigenvalue weighted by Gasteiger charge is 2.17. The van der Waals surface area contributed by atoms with Gasteiger partial charge in [0, 0.05) is 38.2 Å². The predicted octanol–water partition coefficient (Wildman–Crippen LogP) is 2.47. The fourth-order valence-electron chi connectivity index (χ4n) is 1.44. The topological polar surface area (TPSA) is 52.6 Å². The van der Waals surface area contributed by atoms with Gasteiger partial charge in [0.15, 0.2) is 0 Å². The smallest absolute Gasteiger partial charge is 0.253 e.